The van der Waals surface area contributed by atoms with Crippen LogP contribution in [0.25, 0.3) is 10.9 Å². The lowest BCUT2D eigenvalue weighted by molar-refractivity contribution is 0.661. The Kier molecular flexibility index (Phi) is 5.23. The number of nitrogens with one attached hydrogen (secondary N) is 1. The molecule has 0 amide bonds. The van der Waals surface area contributed by atoms with Gasteiger partial charge in [-0.3, -0.25) is 4.98 Å². The molecule has 1 heterocycles. The fourth-order valence-electron chi connectivity index (χ4n) is 2.04. The molecule has 2 aromatic rings. The summed E-state index contributed by atoms with van der Waals surface area (Å²) in [6.45, 7) is 4.54. The van der Waals surface area contributed by atoms with E-state index < -0.39 is 0 Å². The van der Waals surface area contributed by atoms with Gasteiger partial charge in [-0.15, -0.1) is 0 Å². The fourth-order valence-corrected chi connectivity index (χ4v) is 3.15. The molecule has 19 heavy (non-hydrogen) atoms. The predicted molar refractivity (Wildman–Crippen MR) is 85.8 cm³/mol. The van der Waals surface area contributed by atoms with Gasteiger partial charge in [0.2, 0.25) is 0 Å². The molecule has 0 aliphatic heterocycles. The van der Waals surface area contributed by atoms with E-state index >= 15 is 0 Å². The standard InChI is InChI=1S/C16H22N2S/c1-4-12(2)19-11-16(17-3)14-7-8-15-13(10-14)6-5-9-18-15/h5-10,12,16-17H,4,11H2,1-3H3. The molecule has 0 radical (unpaired) electrons. The van der Waals surface area contributed by atoms with Crippen molar-refractivity contribution >= 4 is 22.7 Å². The Labute approximate surface area is 120 Å². The van der Waals surface area contributed by atoms with Crippen molar-refractivity contribution in [2.24, 2.45) is 0 Å². The normalized spacial score (nSPS) is 14.5. The van der Waals surface area contributed by atoms with Crippen LogP contribution in [0.2, 0.25) is 0 Å². The van der Waals surface area contributed by atoms with Gasteiger partial charge in [0.15, 0.2) is 0 Å². The summed E-state index contributed by atoms with van der Waals surface area (Å²) >= 11 is 2.03. The quantitative estimate of drug-likeness (QED) is 0.861. The Morgan fingerprint density at radius 2 is 2.16 bits per heavy atom. The van der Waals surface area contributed by atoms with Crippen LogP contribution in [0.4, 0.5) is 0 Å². The second-order valence-electron chi connectivity index (χ2n) is 4.85. The van der Waals surface area contributed by atoms with Crippen LogP contribution in [0, 0.1) is 0 Å². The SMILES string of the molecule is CCC(C)SCC(NC)c1ccc2ncccc2c1. The average molecular weight is 274 g/mol. The maximum atomic E-state index is 4.37. The Hall–Kier alpha value is -1.06. The lowest BCUT2D eigenvalue weighted by atomic mass is 10.1. The van der Waals surface area contributed by atoms with Gasteiger partial charge in [0, 0.05) is 28.6 Å². The Balaban J connectivity index is 2.15. The number of thioether (sulfide) groups is 1. The van der Waals surface area contributed by atoms with E-state index in [1.54, 1.807) is 0 Å². The van der Waals surface area contributed by atoms with Gasteiger partial charge < -0.3 is 5.32 Å². The highest BCUT2D eigenvalue weighted by atomic mass is 32.2. The van der Waals surface area contributed by atoms with Crippen molar-refractivity contribution in [2.75, 3.05) is 12.8 Å². The van der Waals surface area contributed by atoms with Gasteiger partial charge in [-0.05, 0) is 37.2 Å². The third-order valence-corrected chi connectivity index (χ3v) is 4.93. The van der Waals surface area contributed by atoms with Crippen LogP contribution in [0.15, 0.2) is 36.5 Å². The molecule has 0 aliphatic carbocycles. The minimum Gasteiger partial charge on any atom is -0.312 e. The second-order valence-corrected chi connectivity index (χ2v) is 6.32. The lowest BCUT2D eigenvalue weighted by Gasteiger charge is -2.18. The number of nitrogens with zero attached hydrogens (tertiary/aromatic N) is 1. The maximum absolute atomic E-state index is 4.37. The molecule has 2 nitrogen and oxygen atoms in total. The number of rotatable bonds is 6. The maximum Gasteiger partial charge on any atom is 0.0702 e. The molecule has 0 saturated carbocycles. The number of fused-ring (bicyclic) bond motifs is 1. The average Bonchev–Trinajstić information content (AvgIpc) is 2.47. The second kappa shape index (κ2) is 6.92. The topological polar surface area (TPSA) is 24.9 Å². The number of aromatic nitrogens is 1. The summed E-state index contributed by atoms with van der Waals surface area (Å²) in [6.07, 6.45) is 3.07. The molecule has 0 saturated heterocycles. The summed E-state index contributed by atoms with van der Waals surface area (Å²) in [5.41, 5.74) is 2.41. The molecule has 0 aliphatic rings. The van der Waals surface area contributed by atoms with E-state index in [1.807, 2.05) is 31.1 Å². The summed E-state index contributed by atoms with van der Waals surface area (Å²) < 4.78 is 0. The Bertz CT molecular complexity index is 527. The number of pyridine rings is 1. The molecule has 3 heteroatoms. The largest absolute Gasteiger partial charge is 0.312 e. The third kappa shape index (κ3) is 3.71. The molecule has 1 aromatic carbocycles. The zero-order chi connectivity index (χ0) is 13.7. The van der Waals surface area contributed by atoms with Crippen LogP contribution in [-0.2, 0) is 0 Å². The fraction of sp³-hybridized carbons (Fsp3) is 0.438. The summed E-state index contributed by atoms with van der Waals surface area (Å²) in [4.78, 5) is 4.37. The molecular weight excluding hydrogens is 252 g/mol. The minimum absolute atomic E-state index is 0.406. The summed E-state index contributed by atoms with van der Waals surface area (Å²) in [5.74, 6) is 1.11. The monoisotopic (exact) mass is 274 g/mol. The van der Waals surface area contributed by atoms with Gasteiger partial charge in [0.1, 0.15) is 0 Å². The lowest BCUT2D eigenvalue weighted by Crippen LogP contribution is -2.19. The first-order valence-corrected chi connectivity index (χ1v) is 7.93. The highest BCUT2D eigenvalue weighted by Crippen LogP contribution is 2.24. The summed E-state index contributed by atoms with van der Waals surface area (Å²) in [7, 11) is 2.04. The first kappa shape index (κ1) is 14.4. The zero-order valence-electron chi connectivity index (χ0n) is 11.9. The van der Waals surface area contributed by atoms with Crippen molar-refractivity contribution in [3.63, 3.8) is 0 Å². The number of hydrogen-bond donors (Lipinski definition) is 1. The van der Waals surface area contributed by atoms with E-state index in [2.05, 4.69) is 48.4 Å². The van der Waals surface area contributed by atoms with Gasteiger partial charge in [-0.2, -0.15) is 11.8 Å². The highest BCUT2D eigenvalue weighted by molar-refractivity contribution is 7.99. The van der Waals surface area contributed by atoms with Crippen LogP contribution < -0.4 is 5.32 Å². The molecule has 1 N–H and O–H groups in total. The van der Waals surface area contributed by atoms with E-state index in [0.717, 1.165) is 16.5 Å². The van der Waals surface area contributed by atoms with Crippen LogP contribution in [0.5, 0.6) is 0 Å². The van der Waals surface area contributed by atoms with Gasteiger partial charge in [-0.25, -0.2) is 0 Å². The zero-order valence-corrected chi connectivity index (χ0v) is 12.7. The molecule has 2 unspecified atom stereocenters. The van der Waals surface area contributed by atoms with Crippen molar-refractivity contribution in [3.05, 3.63) is 42.1 Å². The molecule has 0 spiro atoms. The highest BCUT2D eigenvalue weighted by Gasteiger charge is 2.11. The van der Waals surface area contributed by atoms with Gasteiger partial charge in [0.05, 0.1) is 5.52 Å². The van der Waals surface area contributed by atoms with Gasteiger partial charge in [0.25, 0.3) is 0 Å². The van der Waals surface area contributed by atoms with E-state index in [1.165, 1.54) is 17.4 Å². The smallest absolute Gasteiger partial charge is 0.0702 e. The van der Waals surface area contributed by atoms with Gasteiger partial charge in [-0.1, -0.05) is 26.0 Å². The number of hydrogen-bond acceptors (Lipinski definition) is 3. The first-order valence-electron chi connectivity index (χ1n) is 6.88. The molecule has 2 atom stereocenters. The first-order chi connectivity index (χ1) is 9.24. The Morgan fingerprint density at radius 3 is 2.89 bits per heavy atom. The van der Waals surface area contributed by atoms with Crippen molar-refractivity contribution in [1.82, 2.24) is 10.3 Å². The molecule has 2 rings (SSSR count). The van der Waals surface area contributed by atoms with Crippen molar-refractivity contribution < 1.29 is 0 Å². The molecule has 0 bridgehead atoms. The predicted octanol–water partition coefficient (Wildman–Crippen LogP) is 4.03. The summed E-state index contributed by atoms with van der Waals surface area (Å²) in [5, 5.41) is 5.36. The minimum atomic E-state index is 0.406. The van der Waals surface area contributed by atoms with E-state index in [9.17, 15) is 0 Å². The molecule has 102 valence electrons. The van der Waals surface area contributed by atoms with E-state index in [-0.39, 0.29) is 0 Å². The van der Waals surface area contributed by atoms with E-state index in [0.29, 0.717) is 6.04 Å². The molecule has 1 aromatic heterocycles. The Morgan fingerprint density at radius 1 is 1.32 bits per heavy atom. The van der Waals surface area contributed by atoms with E-state index in [4.69, 9.17) is 0 Å². The van der Waals surface area contributed by atoms with Crippen molar-refractivity contribution in [1.29, 1.82) is 0 Å². The summed E-state index contributed by atoms with van der Waals surface area (Å²) in [6, 6.07) is 11.1. The molecular formula is C16H22N2S. The van der Waals surface area contributed by atoms with Crippen LogP contribution in [0.1, 0.15) is 31.9 Å². The molecule has 0 fully saturated rings. The van der Waals surface area contributed by atoms with Crippen LogP contribution in [0.3, 0.4) is 0 Å². The van der Waals surface area contributed by atoms with Crippen LogP contribution >= 0.6 is 11.8 Å². The van der Waals surface area contributed by atoms with Crippen molar-refractivity contribution in [3.8, 4) is 0 Å². The van der Waals surface area contributed by atoms with Crippen molar-refractivity contribution in [2.45, 2.75) is 31.6 Å². The third-order valence-electron chi connectivity index (χ3n) is 3.50. The van der Waals surface area contributed by atoms with Gasteiger partial charge >= 0.3 is 0 Å². The number of benzene rings is 1. The van der Waals surface area contributed by atoms with Crippen LogP contribution in [-0.4, -0.2) is 23.0 Å².